The summed E-state index contributed by atoms with van der Waals surface area (Å²) in [5, 5.41) is 16.7. The molecule has 2 aromatic rings. The van der Waals surface area contributed by atoms with Gasteiger partial charge in [-0.05, 0) is 24.5 Å². The molecule has 0 heterocycles. The van der Waals surface area contributed by atoms with E-state index in [-0.39, 0.29) is 18.0 Å². The lowest BCUT2D eigenvalue weighted by molar-refractivity contribution is -0.384. The second kappa shape index (κ2) is 9.29. The van der Waals surface area contributed by atoms with E-state index >= 15 is 0 Å². The van der Waals surface area contributed by atoms with Crippen molar-refractivity contribution < 1.29 is 9.72 Å². The van der Waals surface area contributed by atoms with Gasteiger partial charge in [-0.15, -0.1) is 0 Å². The van der Waals surface area contributed by atoms with Gasteiger partial charge in [-0.25, -0.2) is 0 Å². The number of nitro groups is 1. The van der Waals surface area contributed by atoms with Crippen molar-refractivity contribution in [1.82, 2.24) is 5.32 Å². The molecule has 0 unspecified atom stereocenters. The summed E-state index contributed by atoms with van der Waals surface area (Å²) < 4.78 is 0. The highest BCUT2D eigenvalue weighted by Crippen LogP contribution is 2.22. The summed E-state index contributed by atoms with van der Waals surface area (Å²) in [5.74, 6) is -0.0610. The number of nitrogens with one attached hydrogen (secondary N) is 2. The van der Waals surface area contributed by atoms with Crippen molar-refractivity contribution >= 4 is 17.3 Å². The van der Waals surface area contributed by atoms with Gasteiger partial charge in [-0.3, -0.25) is 14.9 Å². The molecule has 0 fully saturated rings. The first-order valence-electron chi connectivity index (χ1n) is 7.95. The molecule has 0 atom stereocenters. The van der Waals surface area contributed by atoms with Crippen LogP contribution in [0.25, 0.3) is 0 Å². The summed E-state index contributed by atoms with van der Waals surface area (Å²) in [7, 11) is 0. The SMILES string of the molecule is O=C(CCNc1ccccc1[N+](=O)[O-])NCCCc1ccccc1. The lowest BCUT2D eigenvalue weighted by atomic mass is 10.1. The summed E-state index contributed by atoms with van der Waals surface area (Å²) in [4.78, 5) is 22.2. The lowest BCUT2D eigenvalue weighted by Crippen LogP contribution is -2.26. The molecule has 0 saturated heterocycles. The van der Waals surface area contributed by atoms with Crippen molar-refractivity contribution in [3.8, 4) is 0 Å². The van der Waals surface area contributed by atoms with Gasteiger partial charge in [0.05, 0.1) is 4.92 Å². The smallest absolute Gasteiger partial charge is 0.292 e. The van der Waals surface area contributed by atoms with Gasteiger partial charge >= 0.3 is 0 Å². The van der Waals surface area contributed by atoms with Crippen LogP contribution in [-0.4, -0.2) is 23.9 Å². The summed E-state index contributed by atoms with van der Waals surface area (Å²) in [5.41, 5.74) is 1.70. The third-order valence-corrected chi connectivity index (χ3v) is 3.58. The average molecular weight is 327 g/mol. The zero-order valence-corrected chi connectivity index (χ0v) is 13.4. The maximum atomic E-state index is 11.8. The highest BCUT2D eigenvalue weighted by atomic mass is 16.6. The number of benzene rings is 2. The van der Waals surface area contributed by atoms with Crippen molar-refractivity contribution in [2.24, 2.45) is 0 Å². The Labute approximate surface area is 141 Å². The molecule has 2 aromatic carbocycles. The van der Waals surface area contributed by atoms with Gasteiger partial charge in [-0.1, -0.05) is 42.5 Å². The largest absolute Gasteiger partial charge is 0.379 e. The number of aryl methyl sites for hydroxylation is 1. The quantitative estimate of drug-likeness (QED) is 0.421. The van der Waals surface area contributed by atoms with Crippen LogP contribution < -0.4 is 10.6 Å². The normalized spacial score (nSPS) is 10.2. The fourth-order valence-corrected chi connectivity index (χ4v) is 2.35. The maximum absolute atomic E-state index is 11.8. The molecule has 0 spiro atoms. The molecule has 0 aromatic heterocycles. The van der Waals surface area contributed by atoms with Crippen molar-refractivity contribution in [2.45, 2.75) is 19.3 Å². The highest BCUT2D eigenvalue weighted by Gasteiger charge is 2.11. The lowest BCUT2D eigenvalue weighted by Gasteiger charge is -2.08. The van der Waals surface area contributed by atoms with Crippen LogP contribution in [0.2, 0.25) is 0 Å². The molecule has 0 radical (unpaired) electrons. The van der Waals surface area contributed by atoms with E-state index in [4.69, 9.17) is 0 Å². The Bertz CT molecular complexity index is 674. The summed E-state index contributed by atoms with van der Waals surface area (Å²) in [6.45, 7) is 0.981. The molecule has 24 heavy (non-hydrogen) atoms. The van der Waals surface area contributed by atoms with Gasteiger partial charge < -0.3 is 10.6 Å². The number of para-hydroxylation sites is 2. The number of nitrogens with zero attached hydrogens (tertiary/aromatic N) is 1. The summed E-state index contributed by atoms with van der Waals surface area (Å²) in [6, 6.07) is 16.5. The first kappa shape index (κ1) is 17.5. The molecule has 0 aliphatic carbocycles. The van der Waals surface area contributed by atoms with Crippen LogP contribution in [0, 0.1) is 10.1 Å². The standard InChI is InChI=1S/C18H21N3O3/c22-18(20-13-6-9-15-7-2-1-3-8-15)12-14-19-16-10-4-5-11-17(16)21(23)24/h1-5,7-8,10-11,19H,6,9,12-14H2,(H,20,22). The minimum Gasteiger partial charge on any atom is -0.379 e. The van der Waals surface area contributed by atoms with Crippen molar-refractivity contribution in [3.63, 3.8) is 0 Å². The Kier molecular flexibility index (Phi) is 6.76. The zero-order chi connectivity index (χ0) is 17.2. The van der Waals surface area contributed by atoms with Crippen LogP contribution in [0.3, 0.4) is 0 Å². The van der Waals surface area contributed by atoms with Gasteiger partial charge in [0.1, 0.15) is 5.69 Å². The second-order valence-corrected chi connectivity index (χ2v) is 5.39. The number of anilines is 1. The molecule has 0 aliphatic heterocycles. The van der Waals surface area contributed by atoms with E-state index in [2.05, 4.69) is 22.8 Å². The average Bonchev–Trinajstić information content (AvgIpc) is 2.60. The fourth-order valence-electron chi connectivity index (χ4n) is 2.35. The van der Waals surface area contributed by atoms with Crippen LogP contribution >= 0.6 is 0 Å². The maximum Gasteiger partial charge on any atom is 0.292 e. The topological polar surface area (TPSA) is 84.3 Å². The summed E-state index contributed by atoms with van der Waals surface area (Å²) in [6.07, 6.45) is 2.08. The molecule has 126 valence electrons. The Morgan fingerprint density at radius 2 is 1.71 bits per heavy atom. The van der Waals surface area contributed by atoms with E-state index in [0.29, 0.717) is 18.8 Å². The number of hydrogen-bond acceptors (Lipinski definition) is 4. The van der Waals surface area contributed by atoms with Crippen molar-refractivity contribution in [3.05, 3.63) is 70.3 Å². The van der Waals surface area contributed by atoms with Crippen LogP contribution in [0.15, 0.2) is 54.6 Å². The van der Waals surface area contributed by atoms with Gasteiger partial charge in [0.25, 0.3) is 5.69 Å². The van der Waals surface area contributed by atoms with E-state index in [1.54, 1.807) is 18.2 Å². The van der Waals surface area contributed by atoms with Crippen LogP contribution in [0.1, 0.15) is 18.4 Å². The second-order valence-electron chi connectivity index (χ2n) is 5.39. The van der Waals surface area contributed by atoms with Crippen LogP contribution in [-0.2, 0) is 11.2 Å². The monoisotopic (exact) mass is 327 g/mol. The van der Waals surface area contributed by atoms with Gasteiger partial charge in [-0.2, -0.15) is 0 Å². The minimum absolute atomic E-state index is 0.0146. The van der Waals surface area contributed by atoms with Crippen LogP contribution in [0.5, 0.6) is 0 Å². The van der Waals surface area contributed by atoms with E-state index in [9.17, 15) is 14.9 Å². The third kappa shape index (κ3) is 5.72. The third-order valence-electron chi connectivity index (χ3n) is 3.58. The minimum atomic E-state index is -0.439. The predicted octanol–water partition coefficient (Wildman–Crippen LogP) is 3.15. The first-order chi connectivity index (χ1) is 11.7. The molecule has 0 bridgehead atoms. The number of rotatable bonds is 9. The number of carbonyl (C=O) groups is 1. The summed E-state index contributed by atoms with van der Waals surface area (Å²) >= 11 is 0. The number of amides is 1. The molecule has 2 rings (SSSR count). The van der Waals surface area contributed by atoms with E-state index in [0.717, 1.165) is 12.8 Å². The number of nitro benzene ring substituents is 1. The molecule has 1 amide bonds. The van der Waals surface area contributed by atoms with E-state index < -0.39 is 4.92 Å². The van der Waals surface area contributed by atoms with Gasteiger partial charge in [0.2, 0.25) is 5.91 Å². The Hall–Kier alpha value is -2.89. The van der Waals surface area contributed by atoms with E-state index in [1.807, 2.05) is 18.2 Å². The molecule has 6 nitrogen and oxygen atoms in total. The molecule has 2 N–H and O–H groups in total. The Morgan fingerprint density at radius 3 is 2.46 bits per heavy atom. The fraction of sp³-hybridized carbons (Fsp3) is 0.278. The first-order valence-corrected chi connectivity index (χ1v) is 7.95. The Balaban J connectivity index is 1.64. The molecular weight excluding hydrogens is 306 g/mol. The van der Waals surface area contributed by atoms with Crippen molar-refractivity contribution in [2.75, 3.05) is 18.4 Å². The van der Waals surface area contributed by atoms with Gasteiger partial charge in [0, 0.05) is 25.6 Å². The molecule has 6 heteroatoms. The van der Waals surface area contributed by atoms with E-state index in [1.165, 1.54) is 11.6 Å². The highest BCUT2D eigenvalue weighted by molar-refractivity contribution is 5.76. The van der Waals surface area contributed by atoms with Crippen molar-refractivity contribution in [1.29, 1.82) is 0 Å². The van der Waals surface area contributed by atoms with Crippen LogP contribution in [0.4, 0.5) is 11.4 Å². The number of hydrogen-bond donors (Lipinski definition) is 2. The molecule has 0 aliphatic rings. The Morgan fingerprint density at radius 1 is 1.00 bits per heavy atom. The molecular formula is C18H21N3O3. The number of carbonyl (C=O) groups excluding carboxylic acids is 1. The molecule has 0 saturated carbocycles. The zero-order valence-electron chi connectivity index (χ0n) is 13.4. The predicted molar refractivity (Wildman–Crippen MR) is 94.0 cm³/mol. The van der Waals surface area contributed by atoms with Gasteiger partial charge in [0.15, 0.2) is 0 Å².